The number of nitrogens with zero attached hydrogens (tertiary/aromatic N) is 2. The maximum absolute atomic E-state index is 11.9. The van der Waals surface area contributed by atoms with Crippen LogP contribution in [0.1, 0.15) is 44.9 Å². The number of azo groups is 1. The minimum absolute atomic E-state index is 0.198. The summed E-state index contributed by atoms with van der Waals surface area (Å²) in [6, 6.07) is 21.7. The summed E-state index contributed by atoms with van der Waals surface area (Å²) in [5.74, 6) is 1.17. The molecule has 0 saturated heterocycles. The van der Waals surface area contributed by atoms with Gasteiger partial charge in [0.25, 0.3) is 0 Å². The van der Waals surface area contributed by atoms with Crippen molar-refractivity contribution in [2.24, 2.45) is 10.2 Å². The van der Waals surface area contributed by atoms with Crippen molar-refractivity contribution in [2.75, 3.05) is 18.1 Å². The van der Waals surface area contributed by atoms with Gasteiger partial charge < -0.3 is 20.9 Å². The van der Waals surface area contributed by atoms with Gasteiger partial charge >= 0.3 is 5.97 Å². The number of nitrogens with two attached hydrogens (primary N) is 2. The van der Waals surface area contributed by atoms with Crippen molar-refractivity contribution in [1.29, 1.82) is 0 Å². The first-order valence-electron chi connectivity index (χ1n) is 11.6. The van der Waals surface area contributed by atoms with E-state index >= 15 is 0 Å². The topological polar surface area (TPSA) is 112 Å². The van der Waals surface area contributed by atoms with Crippen molar-refractivity contribution in [3.63, 3.8) is 0 Å². The average Bonchev–Trinajstić information content (AvgIpc) is 2.85. The molecule has 0 aromatic heterocycles. The normalized spacial score (nSPS) is 10.9. The lowest BCUT2D eigenvalue weighted by Gasteiger charge is -2.06. The van der Waals surface area contributed by atoms with Crippen LogP contribution in [-0.2, 0) is 4.79 Å². The van der Waals surface area contributed by atoms with Crippen molar-refractivity contribution < 1.29 is 14.3 Å². The number of rotatable bonds is 13. The van der Waals surface area contributed by atoms with Crippen LogP contribution in [0.5, 0.6) is 11.5 Å². The number of hydrogen-bond donors (Lipinski definition) is 2. The second-order valence-corrected chi connectivity index (χ2v) is 8.05. The second kappa shape index (κ2) is 13.6. The Balaban J connectivity index is 1.20. The number of nitrogen functional groups attached to an aromatic ring is 2. The van der Waals surface area contributed by atoms with Gasteiger partial charge in [0, 0.05) is 17.8 Å². The molecule has 0 unspecified atom stereocenters. The Morgan fingerprint density at radius 1 is 0.618 bits per heavy atom. The standard InChI is InChI=1S/C27H32N4O3/c28-21-8-12-23(13-9-21)30-31-24-14-18-25(19-15-24)33-20-6-4-2-1-3-5-7-27(32)34-26-16-10-22(29)11-17-26/h8-19H,1-7,20,28-29H2. The van der Waals surface area contributed by atoms with E-state index in [4.69, 9.17) is 20.9 Å². The molecular formula is C27H32N4O3. The molecule has 0 saturated carbocycles. The van der Waals surface area contributed by atoms with Crippen LogP contribution in [0.25, 0.3) is 0 Å². The van der Waals surface area contributed by atoms with Crippen LogP contribution in [0.15, 0.2) is 83.0 Å². The van der Waals surface area contributed by atoms with E-state index in [0.29, 0.717) is 30.2 Å². The van der Waals surface area contributed by atoms with Gasteiger partial charge in [0.05, 0.1) is 18.0 Å². The molecule has 3 aromatic carbocycles. The van der Waals surface area contributed by atoms with E-state index < -0.39 is 0 Å². The predicted molar refractivity (Wildman–Crippen MR) is 136 cm³/mol. The van der Waals surface area contributed by atoms with Crippen LogP contribution in [0.4, 0.5) is 22.7 Å². The zero-order chi connectivity index (χ0) is 24.0. The van der Waals surface area contributed by atoms with Crippen LogP contribution < -0.4 is 20.9 Å². The van der Waals surface area contributed by atoms with Gasteiger partial charge in [-0.1, -0.05) is 25.7 Å². The summed E-state index contributed by atoms with van der Waals surface area (Å²) in [4.78, 5) is 11.9. The highest BCUT2D eigenvalue weighted by molar-refractivity contribution is 5.72. The monoisotopic (exact) mass is 460 g/mol. The van der Waals surface area contributed by atoms with Crippen molar-refractivity contribution in [2.45, 2.75) is 44.9 Å². The Hall–Kier alpha value is -3.87. The highest BCUT2D eigenvalue weighted by atomic mass is 16.5. The lowest BCUT2D eigenvalue weighted by atomic mass is 10.1. The van der Waals surface area contributed by atoms with E-state index in [-0.39, 0.29) is 5.97 Å². The van der Waals surface area contributed by atoms with Crippen LogP contribution in [0.2, 0.25) is 0 Å². The smallest absolute Gasteiger partial charge is 0.311 e. The minimum Gasteiger partial charge on any atom is -0.494 e. The number of anilines is 2. The van der Waals surface area contributed by atoms with Gasteiger partial charge in [-0.25, -0.2) is 0 Å². The molecule has 178 valence electrons. The molecule has 0 fully saturated rings. The fourth-order valence-electron chi connectivity index (χ4n) is 3.25. The van der Waals surface area contributed by atoms with Gasteiger partial charge in [-0.05, 0) is 85.6 Å². The highest BCUT2D eigenvalue weighted by Crippen LogP contribution is 2.22. The van der Waals surface area contributed by atoms with Crippen LogP contribution in [0.3, 0.4) is 0 Å². The van der Waals surface area contributed by atoms with E-state index in [1.54, 1.807) is 36.4 Å². The fraction of sp³-hybridized carbons (Fsp3) is 0.296. The van der Waals surface area contributed by atoms with Gasteiger partial charge in [0.15, 0.2) is 0 Å². The molecule has 0 bridgehead atoms. The highest BCUT2D eigenvalue weighted by Gasteiger charge is 2.04. The van der Waals surface area contributed by atoms with Crippen LogP contribution in [0, 0.1) is 0 Å². The first-order chi connectivity index (χ1) is 16.6. The lowest BCUT2D eigenvalue weighted by molar-refractivity contribution is -0.134. The molecule has 0 atom stereocenters. The van der Waals surface area contributed by atoms with Crippen molar-refractivity contribution in [1.82, 2.24) is 0 Å². The van der Waals surface area contributed by atoms with E-state index in [1.165, 1.54) is 0 Å². The third kappa shape index (κ3) is 9.32. The van der Waals surface area contributed by atoms with Crippen molar-refractivity contribution >= 4 is 28.7 Å². The van der Waals surface area contributed by atoms with Gasteiger partial charge in [0.2, 0.25) is 0 Å². The quantitative estimate of drug-likeness (QED) is 0.0939. The largest absolute Gasteiger partial charge is 0.494 e. The van der Waals surface area contributed by atoms with E-state index in [1.807, 2.05) is 36.4 Å². The molecule has 0 radical (unpaired) electrons. The number of unbranched alkanes of at least 4 members (excludes halogenated alkanes) is 5. The molecule has 3 aromatic rings. The number of carbonyl (C=O) groups is 1. The molecule has 0 spiro atoms. The average molecular weight is 461 g/mol. The molecule has 0 amide bonds. The molecule has 3 rings (SSSR count). The van der Waals surface area contributed by atoms with Gasteiger partial charge in [-0.3, -0.25) is 4.79 Å². The third-order valence-corrected chi connectivity index (χ3v) is 5.17. The van der Waals surface area contributed by atoms with Crippen molar-refractivity contribution in [3.05, 3.63) is 72.8 Å². The summed E-state index contributed by atoms with van der Waals surface area (Å²) in [7, 11) is 0. The first kappa shape index (κ1) is 24.8. The molecule has 7 nitrogen and oxygen atoms in total. The van der Waals surface area contributed by atoms with Gasteiger partial charge in [-0.2, -0.15) is 10.2 Å². The number of carbonyl (C=O) groups excluding carboxylic acids is 1. The number of hydrogen-bond acceptors (Lipinski definition) is 7. The van der Waals surface area contributed by atoms with Crippen molar-refractivity contribution in [3.8, 4) is 11.5 Å². The van der Waals surface area contributed by atoms with Gasteiger partial charge in [-0.15, -0.1) is 0 Å². The number of benzene rings is 3. The molecular weight excluding hydrogens is 428 g/mol. The third-order valence-electron chi connectivity index (χ3n) is 5.17. The van der Waals surface area contributed by atoms with Gasteiger partial charge in [0.1, 0.15) is 11.5 Å². The molecule has 0 aliphatic carbocycles. The summed E-state index contributed by atoms with van der Waals surface area (Å²) < 4.78 is 11.1. The molecule has 4 N–H and O–H groups in total. The summed E-state index contributed by atoms with van der Waals surface area (Å²) in [5.41, 5.74) is 14.2. The Morgan fingerprint density at radius 3 is 1.71 bits per heavy atom. The zero-order valence-electron chi connectivity index (χ0n) is 19.4. The molecule has 7 heteroatoms. The molecule has 0 aliphatic rings. The molecule has 34 heavy (non-hydrogen) atoms. The molecule has 0 heterocycles. The van der Waals surface area contributed by atoms with Crippen LogP contribution >= 0.6 is 0 Å². The van der Waals surface area contributed by atoms with E-state index in [9.17, 15) is 4.79 Å². The summed E-state index contributed by atoms with van der Waals surface area (Å²) in [6.07, 6.45) is 6.62. The summed E-state index contributed by atoms with van der Waals surface area (Å²) in [6.45, 7) is 0.681. The number of ether oxygens (including phenoxy) is 2. The fourth-order valence-corrected chi connectivity index (χ4v) is 3.25. The Kier molecular flexibility index (Phi) is 9.93. The summed E-state index contributed by atoms with van der Waals surface area (Å²) in [5, 5.41) is 8.42. The van der Waals surface area contributed by atoms with Crippen LogP contribution in [-0.4, -0.2) is 12.6 Å². The maximum atomic E-state index is 11.9. The number of esters is 1. The molecule has 0 aliphatic heterocycles. The Labute approximate surface area is 200 Å². The van der Waals surface area contributed by atoms with E-state index in [0.717, 1.165) is 55.6 Å². The van der Waals surface area contributed by atoms with E-state index in [2.05, 4.69) is 10.2 Å². The first-order valence-corrected chi connectivity index (χ1v) is 11.6. The Morgan fingerprint density at radius 2 is 1.09 bits per heavy atom. The minimum atomic E-state index is -0.198. The zero-order valence-corrected chi connectivity index (χ0v) is 19.4. The predicted octanol–water partition coefficient (Wildman–Crippen LogP) is 6.98. The second-order valence-electron chi connectivity index (χ2n) is 8.05. The SMILES string of the molecule is Nc1ccc(N=Nc2ccc(OCCCCCCCCC(=O)Oc3ccc(N)cc3)cc2)cc1. The summed E-state index contributed by atoms with van der Waals surface area (Å²) >= 11 is 0. The maximum Gasteiger partial charge on any atom is 0.311 e. The Bertz CT molecular complexity index is 1030. The lowest BCUT2D eigenvalue weighted by Crippen LogP contribution is -2.07.